The molecule has 1 aliphatic rings. The van der Waals surface area contributed by atoms with Crippen LogP contribution in [-0.4, -0.2) is 5.78 Å². The Morgan fingerprint density at radius 1 is 1.50 bits per heavy atom. The standard InChI is InChI=1S/C9H8BrNO/c10-6-3-1-2-5-8(12)4-7(11)9(5)6/h1-3,7H,4,11H2. The Kier molecular flexibility index (Phi) is 1.77. The maximum absolute atomic E-state index is 11.3. The molecule has 1 aromatic rings. The Morgan fingerprint density at radius 3 is 2.92 bits per heavy atom. The summed E-state index contributed by atoms with van der Waals surface area (Å²) in [6.45, 7) is 0. The number of carbonyl (C=O) groups excluding carboxylic acids is 1. The number of hydrogen-bond acceptors (Lipinski definition) is 2. The number of rotatable bonds is 0. The highest BCUT2D eigenvalue weighted by Gasteiger charge is 2.27. The van der Waals surface area contributed by atoms with Crippen LogP contribution >= 0.6 is 15.9 Å². The molecule has 0 aromatic heterocycles. The molecule has 0 bridgehead atoms. The van der Waals surface area contributed by atoms with E-state index in [0.29, 0.717) is 6.42 Å². The third kappa shape index (κ3) is 1.01. The van der Waals surface area contributed by atoms with E-state index in [1.807, 2.05) is 18.2 Å². The average Bonchev–Trinajstić information content (AvgIpc) is 2.29. The van der Waals surface area contributed by atoms with Gasteiger partial charge in [0, 0.05) is 22.5 Å². The van der Waals surface area contributed by atoms with Crippen LogP contribution in [0.4, 0.5) is 0 Å². The van der Waals surface area contributed by atoms with Crippen molar-refractivity contribution in [1.29, 1.82) is 0 Å². The molecule has 3 heteroatoms. The van der Waals surface area contributed by atoms with Gasteiger partial charge in [-0.2, -0.15) is 0 Å². The maximum Gasteiger partial charge on any atom is 0.165 e. The lowest BCUT2D eigenvalue weighted by Crippen LogP contribution is -2.06. The van der Waals surface area contributed by atoms with Gasteiger partial charge in [-0.1, -0.05) is 28.1 Å². The molecule has 0 aliphatic heterocycles. The van der Waals surface area contributed by atoms with Crippen molar-refractivity contribution in [2.24, 2.45) is 5.73 Å². The highest BCUT2D eigenvalue weighted by molar-refractivity contribution is 9.10. The molecule has 1 aromatic carbocycles. The fourth-order valence-electron chi connectivity index (χ4n) is 1.57. The molecule has 62 valence electrons. The fourth-order valence-corrected chi connectivity index (χ4v) is 2.23. The molecule has 1 atom stereocenters. The van der Waals surface area contributed by atoms with E-state index in [0.717, 1.165) is 15.6 Å². The Hall–Kier alpha value is -0.670. The summed E-state index contributed by atoms with van der Waals surface area (Å²) in [4.78, 5) is 11.3. The molecule has 1 unspecified atom stereocenters. The van der Waals surface area contributed by atoms with Gasteiger partial charge in [-0.15, -0.1) is 0 Å². The first-order chi connectivity index (χ1) is 5.70. The van der Waals surface area contributed by atoms with Gasteiger partial charge in [-0.05, 0) is 11.6 Å². The highest BCUT2D eigenvalue weighted by Crippen LogP contribution is 2.34. The molecule has 0 spiro atoms. The van der Waals surface area contributed by atoms with Crippen LogP contribution in [0.1, 0.15) is 28.4 Å². The summed E-state index contributed by atoms with van der Waals surface area (Å²) in [5.74, 6) is 0.152. The summed E-state index contributed by atoms with van der Waals surface area (Å²) >= 11 is 3.38. The summed E-state index contributed by atoms with van der Waals surface area (Å²) in [6.07, 6.45) is 0.442. The van der Waals surface area contributed by atoms with E-state index in [-0.39, 0.29) is 11.8 Å². The van der Waals surface area contributed by atoms with E-state index in [9.17, 15) is 4.79 Å². The quantitative estimate of drug-likeness (QED) is 0.735. The zero-order chi connectivity index (χ0) is 8.72. The molecular weight excluding hydrogens is 218 g/mol. The van der Waals surface area contributed by atoms with Crippen molar-refractivity contribution in [2.75, 3.05) is 0 Å². The van der Waals surface area contributed by atoms with Crippen LogP contribution in [0, 0.1) is 0 Å². The predicted octanol–water partition coefficient (Wildman–Crippen LogP) is 2.04. The van der Waals surface area contributed by atoms with E-state index in [2.05, 4.69) is 15.9 Å². The van der Waals surface area contributed by atoms with Gasteiger partial charge in [0.2, 0.25) is 0 Å². The van der Waals surface area contributed by atoms with Gasteiger partial charge in [0.15, 0.2) is 5.78 Å². The lowest BCUT2D eigenvalue weighted by Gasteiger charge is -2.04. The van der Waals surface area contributed by atoms with Crippen LogP contribution in [0.2, 0.25) is 0 Å². The molecule has 12 heavy (non-hydrogen) atoms. The Labute approximate surface area is 78.9 Å². The van der Waals surface area contributed by atoms with Crippen LogP contribution in [0.25, 0.3) is 0 Å². The second kappa shape index (κ2) is 2.68. The second-order valence-corrected chi connectivity index (χ2v) is 3.79. The second-order valence-electron chi connectivity index (χ2n) is 2.93. The number of carbonyl (C=O) groups is 1. The summed E-state index contributed by atoms with van der Waals surface area (Å²) in [7, 11) is 0. The van der Waals surface area contributed by atoms with Gasteiger partial charge in [-0.25, -0.2) is 0 Å². The van der Waals surface area contributed by atoms with Gasteiger partial charge in [0.1, 0.15) is 0 Å². The minimum atomic E-state index is -0.122. The Bertz CT molecular complexity index is 348. The minimum Gasteiger partial charge on any atom is -0.324 e. The van der Waals surface area contributed by atoms with Crippen LogP contribution in [0.3, 0.4) is 0 Å². The van der Waals surface area contributed by atoms with E-state index in [1.165, 1.54) is 0 Å². The van der Waals surface area contributed by atoms with Gasteiger partial charge < -0.3 is 5.73 Å². The predicted molar refractivity (Wildman–Crippen MR) is 50.0 cm³/mol. The molecular formula is C9H8BrNO. The van der Waals surface area contributed by atoms with Gasteiger partial charge in [0.25, 0.3) is 0 Å². The molecule has 1 aliphatic carbocycles. The topological polar surface area (TPSA) is 43.1 Å². The number of nitrogens with two attached hydrogens (primary N) is 1. The van der Waals surface area contributed by atoms with Crippen LogP contribution in [0.15, 0.2) is 22.7 Å². The Balaban J connectivity index is 2.67. The first-order valence-electron chi connectivity index (χ1n) is 3.77. The zero-order valence-corrected chi connectivity index (χ0v) is 7.97. The zero-order valence-electron chi connectivity index (χ0n) is 6.38. The molecule has 0 saturated heterocycles. The molecule has 0 heterocycles. The highest BCUT2D eigenvalue weighted by atomic mass is 79.9. The van der Waals surface area contributed by atoms with Crippen molar-refractivity contribution in [1.82, 2.24) is 0 Å². The number of halogens is 1. The summed E-state index contributed by atoms with van der Waals surface area (Å²) in [6, 6.07) is 5.48. The van der Waals surface area contributed by atoms with Gasteiger partial charge in [0.05, 0.1) is 0 Å². The third-order valence-corrected chi connectivity index (χ3v) is 2.82. The van der Waals surface area contributed by atoms with Crippen molar-refractivity contribution in [3.8, 4) is 0 Å². The maximum atomic E-state index is 11.3. The SMILES string of the molecule is NC1CC(=O)c2cccc(Br)c21. The normalized spacial score (nSPS) is 21.2. The van der Waals surface area contributed by atoms with Crippen LogP contribution in [-0.2, 0) is 0 Å². The Morgan fingerprint density at radius 2 is 2.25 bits per heavy atom. The summed E-state index contributed by atoms with van der Waals surface area (Å²) in [5, 5.41) is 0. The number of ketones is 1. The third-order valence-electron chi connectivity index (χ3n) is 2.13. The van der Waals surface area contributed by atoms with Crippen LogP contribution in [0.5, 0.6) is 0 Å². The van der Waals surface area contributed by atoms with Crippen molar-refractivity contribution in [2.45, 2.75) is 12.5 Å². The molecule has 0 saturated carbocycles. The lowest BCUT2D eigenvalue weighted by atomic mass is 10.1. The molecule has 0 amide bonds. The number of hydrogen-bond donors (Lipinski definition) is 1. The lowest BCUT2D eigenvalue weighted by molar-refractivity contribution is 0.0989. The van der Waals surface area contributed by atoms with Crippen molar-refractivity contribution in [3.05, 3.63) is 33.8 Å². The number of fused-ring (bicyclic) bond motifs is 1. The molecule has 0 radical (unpaired) electrons. The van der Waals surface area contributed by atoms with Crippen molar-refractivity contribution >= 4 is 21.7 Å². The largest absolute Gasteiger partial charge is 0.324 e. The van der Waals surface area contributed by atoms with Crippen molar-refractivity contribution in [3.63, 3.8) is 0 Å². The van der Waals surface area contributed by atoms with Gasteiger partial charge >= 0.3 is 0 Å². The molecule has 0 fully saturated rings. The van der Waals surface area contributed by atoms with Gasteiger partial charge in [-0.3, -0.25) is 4.79 Å². The van der Waals surface area contributed by atoms with E-state index in [4.69, 9.17) is 5.73 Å². The first kappa shape index (κ1) is 7.95. The van der Waals surface area contributed by atoms with E-state index in [1.54, 1.807) is 0 Å². The molecule has 2 nitrogen and oxygen atoms in total. The number of benzene rings is 1. The summed E-state index contributed by atoms with van der Waals surface area (Å²) in [5.41, 5.74) is 7.52. The fraction of sp³-hybridized carbons (Fsp3) is 0.222. The van der Waals surface area contributed by atoms with E-state index < -0.39 is 0 Å². The molecule has 2 N–H and O–H groups in total. The first-order valence-corrected chi connectivity index (χ1v) is 4.56. The monoisotopic (exact) mass is 225 g/mol. The van der Waals surface area contributed by atoms with Crippen molar-refractivity contribution < 1.29 is 4.79 Å². The average molecular weight is 226 g/mol. The van der Waals surface area contributed by atoms with Crippen LogP contribution < -0.4 is 5.73 Å². The minimum absolute atomic E-state index is 0.122. The number of Topliss-reactive ketones (excluding diaryl/α,β-unsaturated/α-hetero) is 1. The summed E-state index contributed by atoms with van der Waals surface area (Å²) < 4.78 is 0.943. The van der Waals surface area contributed by atoms with E-state index >= 15 is 0 Å². The smallest absolute Gasteiger partial charge is 0.165 e. The molecule has 2 rings (SSSR count).